The van der Waals surface area contributed by atoms with Crippen molar-refractivity contribution in [1.29, 1.82) is 0 Å². The van der Waals surface area contributed by atoms with Gasteiger partial charge in [0.2, 0.25) is 5.91 Å². The van der Waals surface area contributed by atoms with E-state index in [4.69, 9.17) is 4.74 Å². The Hall–Kier alpha value is -4.12. The summed E-state index contributed by atoms with van der Waals surface area (Å²) in [7, 11) is 0. The van der Waals surface area contributed by atoms with Crippen molar-refractivity contribution in [2.24, 2.45) is 5.92 Å². The minimum absolute atomic E-state index is 0.119. The zero-order valence-electron chi connectivity index (χ0n) is 18.6. The summed E-state index contributed by atoms with van der Waals surface area (Å²) in [4.78, 5) is 26.3. The van der Waals surface area contributed by atoms with E-state index in [1.54, 1.807) is 18.2 Å². The van der Waals surface area contributed by atoms with Crippen LogP contribution < -0.4 is 15.4 Å². The van der Waals surface area contributed by atoms with Gasteiger partial charge in [-0.1, -0.05) is 80.6 Å². The van der Waals surface area contributed by atoms with Crippen LogP contribution in [0.2, 0.25) is 0 Å². The van der Waals surface area contributed by atoms with Crippen LogP contribution in [-0.2, 0) is 4.79 Å². The third-order valence-corrected chi connectivity index (χ3v) is 5.39. The molecule has 0 fully saturated rings. The number of carbonyl (C=O) groups is 2. The number of ether oxygens (including phenoxy) is 1. The highest BCUT2D eigenvalue weighted by Gasteiger charge is 2.26. The van der Waals surface area contributed by atoms with Crippen LogP contribution in [0.3, 0.4) is 0 Å². The minimum Gasteiger partial charge on any atom is -0.455 e. The Morgan fingerprint density at radius 2 is 1.42 bits per heavy atom. The van der Waals surface area contributed by atoms with Gasteiger partial charge < -0.3 is 15.4 Å². The molecule has 33 heavy (non-hydrogen) atoms. The van der Waals surface area contributed by atoms with Gasteiger partial charge >= 0.3 is 0 Å². The largest absolute Gasteiger partial charge is 0.455 e. The lowest BCUT2D eigenvalue weighted by Gasteiger charge is -2.23. The Kier molecular flexibility index (Phi) is 6.69. The highest BCUT2D eigenvalue weighted by atomic mass is 16.5. The third kappa shape index (κ3) is 5.21. The highest BCUT2D eigenvalue weighted by Crippen LogP contribution is 2.29. The van der Waals surface area contributed by atoms with Gasteiger partial charge in [0.05, 0.1) is 5.69 Å². The van der Waals surface area contributed by atoms with Crippen LogP contribution in [0.5, 0.6) is 11.5 Å². The second-order valence-electron chi connectivity index (χ2n) is 8.12. The van der Waals surface area contributed by atoms with E-state index in [1.165, 1.54) is 0 Å². The molecular weight excluding hydrogens is 412 g/mol. The number of anilines is 1. The van der Waals surface area contributed by atoms with E-state index in [0.29, 0.717) is 22.7 Å². The third-order valence-electron chi connectivity index (χ3n) is 5.39. The van der Waals surface area contributed by atoms with Crippen LogP contribution >= 0.6 is 0 Å². The van der Waals surface area contributed by atoms with Crippen LogP contribution in [0.25, 0.3) is 10.8 Å². The molecule has 0 spiro atoms. The molecule has 0 saturated carbocycles. The van der Waals surface area contributed by atoms with Gasteiger partial charge in [-0.2, -0.15) is 0 Å². The molecule has 5 nitrogen and oxygen atoms in total. The number of para-hydroxylation sites is 3. The summed E-state index contributed by atoms with van der Waals surface area (Å²) in [5, 5.41) is 7.67. The van der Waals surface area contributed by atoms with E-state index in [9.17, 15) is 9.59 Å². The standard InChI is InChI=1S/C28H26N2O3/c1-19(2)26(30-27(31)23-16-10-12-20-11-6-7-15-22(20)23)28(32)29-24-17-8-9-18-25(24)33-21-13-4-3-5-14-21/h3-19,26H,1-2H3,(H,29,32)(H,30,31)/t26-/m1/s1. The Morgan fingerprint density at radius 3 is 2.21 bits per heavy atom. The predicted molar refractivity (Wildman–Crippen MR) is 132 cm³/mol. The number of hydrogen-bond donors (Lipinski definition) is 2. The summed E-state index contributed by atoms with van der Waals surface area (Å²) in [6.07, 6.45) is 0. The predicted octanol–water partition coefficient (Wildman–Crippen LogP) is 6.03. The molecule has 1 atom stereocenters. The topological polar surface area (TPSA) is 67.4 Å². The van der Waals surface area contributed by atoms with Crippen molar-refractivity contribution < 1.29 is 14.3 Å². The SMILES string of the molecule is CC(C)[C@@H](NC(=O)c1cccc2ccccc12)C(=O)Nc1ccccc1Oc1ccccc1. The fourth-order valence-electron chi connectivity index (χ4n) is 3.66. The zero-order chi connectivity index (χ0) is 23.2. The van der Waals surface area contributed by atoms with Gasteiger partial charge in [-0.15, -0.1) is 0 Å². The van der Waals surface area contributed by atoms with Crippen molar-refractivity contribution in [2.45, 2.75) is 19.9 Å². The maximum absolute atomic E-state index is 13.2. The smallest absolute Gasteiger partial charge is 0.252 e. The van der Waals surface area contributed by atoms with Gasteiger partial charge in [-0.3, -0.25) is 9.59 Å². The van der Waals surface area contributed by atoms with Crippen molar-refractivity contribution in [3.05, 3.63) is 103 Å². The lowest BCUT2D eigenvalue weighted by atomic mass is 10.0. The lowest BCUT2D eigenvalue weighted by Crippen LogP contribution is -2.47. The molecule has 5 heteroatoms. The van der Waals surface area contributed by atoms with E-state index in [1.807, 2.05) is 92.7 Å². The molecular formula is C28H26N2O3. The molecule has 0 saturated heterocycles. The molecule has 0 radical (unpaired) electrons. The number of hydrogen-bond acceptors (Lipinski definition) is 3. The van der Waals surface area contributed by atoms with Crippen molar-refractivity contribution in [3.8, 4) is 11.5 Å². The molecule has 0 aliphatic heterocycles. The minimum atomic E-state index is -0.721. The first kappa shape index (κ1) is 22.1. The van der Waals surface area contributed by atoms with Crippen LogP contribution in [-0.4, -0.2) is 17.9 Å². The normalized spacial score (nSPS) is 11.7. The molecule has 2 N–H and O–H groups in total. The average molecular weight is 439 g/mol. The van der Waals surface area contributed by atoms with Crippen molar-refractivity contribution in [1.82, 2.24) is 5.32 Å². The van der Waals surface area contributed by atoms with Crippen molar-refractivity contribution in [3.63, 3.8) is 0 Å². The summed E-state index contributed by atoms with van der Waals surface area (Å²) in [5.41, 5.74) is 1.08. The second-order valence-corrected chi connectivity index (χ2v) is 8.12. The van der Waals surface area contributed by atoms with Crippen molar-refractivity contribution >= 4 is 28.3 Å². The summed E-state index contributed by atoms with van der Waals surface area (Å²) in [6, 6.07) is 29.2. The monoisotopic (exact) mass is 438 g/mol. The molecule has 0 unspecified atom stereocenters. The Bertz CT molecular complexity index is 1260. The first-order valence-electron chi connectivity index (χ1n) is 10.9. The summed E-state index contributed by atoms with van der Waals surface area (Å²) in [5.74, 6) is 0.493. The summed E-state index contributed by atoms with van der Waals surface area (Å²) < 4.78 is 5.95. The van der Waals surface area contributed by atoms with Crippen LogP contribution in [0, 0.1) is 5.92 Å². The van der Waals surface area contributed by atoms with Crippen LogP contribution in [0.4, 0.5) is 5.69 Å². The number of nitrogens with one attached hydrogen (secondary N) is 2. The molecule has 0 aromatic heterocycles. The van der Waals surface area contributed by atoms with E-state index >= 15 is 0 Å². The Morgan fingerprint density at radius 1 is 0.758 bits per heavy atom. The van der Waals surface area contributed by atoms with Gasteiger partial charge in [0.15, 0.2) is 5.75 Å². The number of rotatable bonds is 7. The fourth-order valence-corrected chi connectivity index (χ4v) is 3.66. The van der Waals surface area contributed by atoms with Crippen molar-refractivity contribution in [2.75, 3.05) is 5.32 Å². The maximum atomic E-state index is 13.2. The van der Waals surface area contributed by atoms with Gasteiger partial charge in [-0.05, 0) is 47.0 Å². The Balaban J connectivity index is 1.53. The van der Waals surface area contributed by atoms with Gasteiger partial charge in [0.25, 0.3) is 5.91 Å². The van der Waals surface area contributed by atoms with E-state index in [0.717, 1.165) is 10.8 Å². The molecule has 0 aliphatic carbocycles. The van der Waals surface area contributed by atoms with E-state index in [2.05, 4.69) is 10.6 Å². The zero-order valence-corrected chi connectivity index (χ0v) is 18.6. The number of benzene rings is 4. The van der Waals surface area contributed by atoms with Gasteiger partial charge in [0.1, 0.15) is 11.8 Å². The van der Waals surface area contributed by atoms with E-state index < -0.39 is 6.04 Å². The highest BCUT2D eigenvalue weighted by molar-refractivity contribution is 6.09. The molecule has 166 valence electrons. The summed E-state index contributed by atoms with van der Waals surface area (Å²) >= 11 is 0. The number of amides is 2. The first-order valence-corrected chi connectivity index (χ1v) is 10.9. The van der Waals surface area contributed by atoms with Gasteiger partial charge in [0, 0.05) is 5.56 Å². The molecule has 0 aliphatic rings. The van der Waals surface area contributed by atoms with Crippen LogP contribution in [0.1, 0.15) is 24.2 Å². The first-order chi connectivity index (χ1) is 16.0. The molecule has 4 aromatic rings. The maximum Gasteiger partial charge on any atom is 0.252 e. The quantitative estimate of drug-likeness (QED) is 0.370. The molecule has 4 rings (SSSR count). The summed E-state index contributed by atoms with van der Waals surface area (Å²) in [6.45, 7) is 3.81. The number of carbonyl (C=O) groups excluding carboxylic acids is 2. The molecule has 0 bridgehead atoms. The number of fused-ring (bicyclic) bond motifs is 1. The molecule has 2 amide bonds. The van der Waals surface area contributed by atoms with E-state index in [-0.39, 0.29) is 17.7 Å². The van der Waals surface area contributed by atoms with Gasteiger partial charge in [-0.25, -0.2) is 0 Å². The molecule has 4 aromatic carbocycles. The Labute approximate surface area is 193 Å². The second kappa shape index (κ2) is 10.0. The molecule has 0 heterocycles. The average Bonchev–Trinajstić information content (AvgIpc) is 2.83. The van der Waals surface area contributed by atoms with Crippen LogP contribution in [0.15, 0.2) is 97.1 Å². The lowest BCUT2D eigenvalue weighted by molar-refractivity contribution is -0.118. The fraction of sp³-hybridized carbons (Fsp3) is 0.143.